The first-order chi connectivity index (χ1) is 16.2. The van der Waals surface area contributed by atoms with Crippen molar-refractivity contribution in [2.75, 3.05) is 5.73 Å². The minimum absolute atomic E-state index is 0.0123. The fourth-order valence-corrected chi connectivity index (χ4v) is 3.81. The third kappa shape index (κ3) is 4.25. The number of hydrogen-bond donors (Lipinski definition) is 3. The van der Waals surface area contributed by atoms with Crippen molar-refractivity contribution in [3.63, 3.8) is 0 Å². The third-order valence-corrected chi connectivity index (χ3v) is 5.18. The molecular weight excluding hydrogens is 450 g/mol. The molecule has 0 bridgehead atoms. The van der Waals surface area contributed by atoms with Crippen molar-refractivity contribution in [3.05, 3.63) is 52.6 Å². The van der Waals surface area contributed by atoms with Crippen LogP contribution in [0.15, 0.2) is 41.5 Å². The molecule has 0 aliphatic carbocycles. The van der Waals surface area contributed by atoms with Gasteiger partial charge in [-0.15, -0.1) is 0 Å². The quantitative estimate of drug-likeness (QED) is 0.403. The van der Waals surface area contributed by atoms with Crippen LogP contribution >= 0.6 is 0 Å². The number of fused-ring (bicyclic) bond motifs is 1. The number of nitrogen functional groups attached to an aromatic ring is 1. The summed E-state index contributed by atoms with van der Waals surface area (Å²) in [5, 5.41) is 10.7. The number of aliphatic hydroxyl groups excluding tert-OH is 1. The lowest BCUT2D eigenvalue weighted by Gasteiger charge is -2.24. The first kappa shape index (κ1) is 23.1. The number of ketones is 1. The van der Waals surface area contributed by atoms with Crippen LogP contribution in [-0.4, -0.2) is 60.7 Å². The molecule has 1 aromatic carbocycles. The predicted octanol–water partition coefficient (Wildman–Crippen LogP) is -0.235. The molecule has 178 valence electrons. The number of H-pyrrole nitrogens is 1. The zero-order valence-corrected chi connectivity index (χ0v) is 18.1. The SMILES string of the molecule is CC(=O)O[C@@H]1[C@H](OC(C)=O)[C@@H](C(=O)C(O)c2ccccc2)O[C@H]1n1cnc2c(=O)[nH]c(N)nc21. The van der Waals surface area contributed by atoms with Gasteiger partial charge in [-0.25, -0.2) is 4.98 Å². The fourth-order valence-electron chi connectivity index (χ4n) is 3.81. The number of aliphatic hydroxyl groups is 1. The van der Waals surface area contributed by atoms with E-state index < -0.39 is 53.9 Å². The summed E-state index contributed by atoms with van der Waals surface area (Å²) < 4.78 is 17.8. The highest BCUT2D eigenvalue weighted by Crippen LogP contribution is 2.37. The van der Waals surface area contributed by atoms with Gasteiger partial charge in [0.1, 0.15) is 6.10 Å². The van der Waals surface area contributed by atoms with Crippen LogP contribution in [0.5, 0.6) is 0 Å². The summed E-state index contributed by atoms with van der Waals surface area (Å²) in [6.45, 7) is 2.24. The second kappa shape index (κ2) is 9.03. The van der Waals surface area contributed by atoms with Crippen LogP contribution in [0.2, 0.25) is 0 Å². The van der Waals surface area contributed by atoms with Gasteiger partial charge >= 0.3 is 11.9 Å². The molecule has 13 heteroatoms. The van der Waals surface area contributed by atoms with Gasteiger partial charge in [-0.2, -0.15) is 4.98 Å². The van der Waals surface area contributed by atoms with E-state index in [-0.39, 0.29) is 17.1 Å². The van der Waals surface area contributed by atoms with Crippen LogP contribution in [0, 0.1) is 0 Å². The highest BCUT2D eigenvalue weighted by atomic mass is 16.6. The van der Waals surface area contributed by atoms with Gasteiger partial charge in [0.05, 0.1) is 6.33 Å². The van der Waals surface area contributed by atoms with Gasteiger partial charge < -0.3 is 25.1 Å². The van der Waals surface area contributed by atoms with Gasteiger partial charge in [0, 0.05) is 13.8 Å². The Balaban J connectivity index is 1.79. The second-order valence-electron chi connectivity index (χ2n) is 7.59. The zero-order chi connectivity index (χ0) is 24.6. The Hall–Kier alpha value is -4.10. The van der Waals surface area contributed by atoms with Crippen molar-refractivity contribution in [3.8, 4) is 0 Å². The summed E-state index contributed by atoms with van der Waals surface area (Å²) in [5.41, 5.74) is 5.23. The van der Waals surface area contributed by atoms with Gasteiger partial charge in [-0.05, 0) is 5.56 Å². The Labute approximate surface area is 191 Å². The number of benzene rings is 1. The fraction of sp³-hybridized carbons (Fsp3) is 0.333. The maximum atomic E-state index is 13.2. The lowest BCUT2D eigenvalue weighted by molar-refractivity contribution is -0.166. The second-order valence-corrected chi connectivity index (χ2v) is 7.59. The minimum atomic E-state index is -1.61. The molecule has 1 saturated heterocycles. The predicted molar refractivity (Wildman–Crippen MR) is 114 cm³/mol. The van der Waals surface area contributed by atoms with E-state index in [9.17, 15) is 24.3 Å². The van der Waals surface area contributed by atoms with Crippen LogP contribution < -0.4 is 11.3 Å². The smallest absolute Gasteiger partial charge is 0.303 e. The summed E-state index contributed by atoms with van der Waals surface area (Å²) in [6.07, 6.45) is -5.97. The van der Waals surface area contributed by atoms with Crippen molar-refractivity contribution in [2.24, 2.45) is 0 Å². The summed E-state index contributed by atoms with van der Waals surface area (Å²) in [5.74, 6) is -2.55. The molecule has 1 fully saturated rings. The summed E-state index contributed by atoms with van der Waals surface area (Å²) >= 11 is 0. The standard InChI is InChI=1S/C21H21N5O8/c1-9(27)32-16-15(14(30)13(29)11-6-4-3-5-7-11)34-20(17(16)33-10(2)28)26-8-23-12-18(26)24-21(22)25-19(12)31/h3-8,13,15-17,20,29H,1-2H3,(H3,22,24,25,31)/t13?,15-,16-,17-,20-/m1/s1. The molecule has 3 heterocycles. The topological polar surface area (TPSA) is 189 Å². The van der Waals surface area contributed by atoms with E-state index in [0.717, 1.165) is 13.8 Å². The van der Waals surface area contributed by atoms with Gasteiger partial charge in [0.2, 0.25) is 5.95 Å². The molecule has 1 unspecified atom stereocenters. The molecular formula is C21H21N5O8. The number of nitrogens with two attached hydrogens (primary N) is 1. The number of ether oxygens (including phenoxy) is 3. The molecule has 4 rings (SSSR count). The first-order valence-electron chi connectivity index (χ1n) is 10.2. The van der Waals surface area contributed by atoms with Gasteiger partial charge in [0.15, 0.2) is 41.5 Å². The Morgan fingerprint density at radius 3 is 2.44 bits per heavy atom. The molecule has 1 aliphatic rings. The molecule has 2 aromatic heterocycles. The van der Waals surface area contributed by atoms with E-state index in [1.54, 1.807) is 30.3 Å². The molecule has 4 N–H and O–H groups in total. The Morgan fingerprint density at radius 2 is 1.79 bits per heavy atom. The number of anilines is 1. The van der Waals surface area contributed by atoms with E-state index in [0.29, 0.717) is 5.56 Å². The Kier molecular flexibility index (Phi) is 6.13. The average Bonchev–Trinajstić information content (AvgIpc) is 3.34. The molecule has 34 heavy (non-hydrogen) atoms. The summed E-state index contributed by atoms with van der Waals surface area (Å²) in [7, 11) is 0. The van der Waals surface area contributed by atoms with Gasteiger partial charge in [0.25, 0.3) is 5.56 Å². The number of nitrogens with one attached hydrogen (secondary N) is 1. The lowest BCUT2D eigenvalue weighted by Crippen LogP contribution is -2.43. The van der Waals surface area contributed by atoms with Crippen molar-refractivity contribution < 1.29 is 33.7 Å². The average molecular weight is 471 g/mol. The number of carbonyl (C=O) groups is 3. The van der Waals surface area contributed by atoms with E-state index in [4.69, 9.17) is 19.9 Å². The first-order valence-corrected chi connectivity index (χ1v) is 10.2. The van der Waals surface area contributed by atoms with Crippen LogP contribution in [-0.2, 0) is 28.6 Å². The summed E-state index contributed by atoms with van der Waals surface area (Å²) in [6, 6.07) is 8.08. The molecule has 0 saturated carbocycles. The largest absolute Gasteiger partial charge is 0.455 e. The Morgan fingerprint density at radius 1 is 1.15 bits per heavy atom. The summed E-state index contributed by atoms with van der Waals surface area (Å²) in [4.78, 5) is 59.5. The van der Waals surface area contributed by atoms with Crippen LogP contribution in [0.25, 0.3) is 11.2 Å². The number of aromatic amines is 1. The number of nitrogens with zero attached hydrogens (tertiary/aromatic N) is 3. The van der Waals surface area contributed by atoms with E-state index >= 15 is 0 Å². The van der Waals surface area contributed by atoms with Crippen molar-refractivity contribution in [1.82, 2.24) is 19.5 Å². The van der Waals surface area contributed by atoms with Crippen LogP contribution in [0.1, 0.15) is 31.7 Å². The molecule has 0 spiro atoms. The molecule has 13 nitrogen and oxygen atoms in total. The third-order valence-electron chi connectivity index (χ3n) is 5.18. The molecule has 1 aliphatic heterocycles. The number of carbonyl (C=O) groups excluding carboxylic acids is 3. The number of aromatic nitrogens is 4. The normalized spacial score (nSPS) is 22.9. The molecule has 3 aromatic rings. The van der Waals surface area contributed by atoms with E-state index in [2.05, 4.69) is 15.0 Å². The maximum absolute atomic E-state index is 13.2. The number of Topliss-reactive ketones (excluding diaryl/α,β-unsaturated/α-hetero) is 1. The molecule has 0 radical (unpaired) electrons. The highest BCUT2D eigenvalue weighted by Gasteiger charge is 2.54. The van der Waals surface area contributed by atoms with E-state index in [1.807, 2.05) is 0 Å². The number of esters is 2. The minimum Gasteiger partial charge on any atom is -0.455 e. The van der Waals surface area contributed by atoms with Crippen molar-refractivity contribution >= 4 is 34.8 Å². The van der Waals surface area contributed by atoms with Crippen molar-refractivity contribution in [1.29, 1.82) is 0 Å². The highest BCUT2D eigenvalue weighted by molar-refractivity contribution is 5.89. The zero-order valence-electron chi connectivity index (χ0n) is 18.1. The number of rotatable bonds is 6. The van der Waals surface area contributed by atoms with E-state index in [1.165, 1.54) is 10.9 Å². The molecule has 5 atom stereocenters. The monoisotopic (exact) mass is 471 g/mol. The van der Waals surface area contributed by atoms with Crippen molar-refractivity contribution in [2.45, 2.75) is 44.5 Å². The number of hydrogen-bond acceptors (Lipinski definition) is 11. The Bertz CT molecular complexity index is 1300. The van der Waals surface area contributed by atoms with Gasteiger partial charge in [-0.3, -0.25) is 28.7 Å². The number of imidazole rings is 1. The van der Waals surface area contributed by atoms with Crippen LogP contribution in [0.3, 0.4) is 0 Å². The maximum Gasteiger partial charge on any atom is 0.303 e. The molecule has 0 amide bonds. The van der Waals surface area contributed by atoms with Crippen LogP contribution in [0.4, 0.5) is 5.95 Å². The lowest BCUT2D eigenvalue weighted by atomic mass is 9.98. The van der Waals surface area contributed by atoms with Gasteiger partial charge in [-0.1, -0.05) is 30.3 Å².